The molecule has 1 saturated heterocycles. The third-order valence-corrected chi connectivity index (χ3v) is 5.31. The van der Waals surface area contributed by atoms with Gasteiger partial charge in [0, 0.05) is 25.5 Å². The normalized spacial score (nSPS) is 14.7. The Kier molecular flexibility index (Phi) is 7.14. The number of nitrogens with one attached hydrogen (secondary N) is 1. The quantitative estimate of drug-likeness (QED) is 0.621. The fraction of sp³-hybridized carbons (Fsp3) is 0.238. The average molecular weight is 443 g/mol. The molecular formula is C21H21N3O6S. The topological polar surface area (TPSA) is 107 Å². The van der Waals surface area contributed by atoms with Crippen molar-refractivity contribution >= 4 is 34.9 Å². The number of ether oxygens (including phenoxy) is 3. The fourth-order valence-corrected chi connectivity index (χ4v) is 3.77. The number of imide groups is 1. The molecule has 1 fully saturated rings. The summed E-state index contributed by atoms with van der Waals surface area (Å²) in [5.74, 6) is 0.544. The van der Waals surface area contributed by atoms with Crippen LogP contribution in [0.25, 0.3) is 6.08 Å². The summed E-state index contributed by atoms with van der Waals surface area (Å²) in [6.45, 7) is 0.187. The zero-order chi connectivity index (χ0) is 22.4. The van der Waals surface area contributed by atoms with Gasteiger partial charge in [-0.15, -0.1) is 0 Å². The van der Waals surface area contributed by atoms with Crippen LogP contribution >= 0.6 is 11.8 Å². The van der Waals surface area contributed by atoms with Gasteiger partial charge in [0.15, 0.2) is 11.5 Å². The molecule has 0 aliphatic carbocycles. The molecule has 0 saturated carbocycles. The van der Waals surface area contributed by atoms with Crippen molar-refractivity contribution in [1.82, 2.24) is 15.2 Å². The molecule has 2 aromatic rings. The number of hydrogen-bond acceptors (Lipinski definition) is 8. The number of amides is 3. The van der Waals surface area contributed by atoms with Gasteiger partial charge in [-0.3, -0.25) is 24.3 Å². The summed E-state index contributed by atoms with van der Waals surface area (Å²) < 4.78 is 15.9. The van der Waals surface area contributed by atoms with Gasteiger partial charge in [0.25, 0.3) is 17.1 Å². The minimum atomic E-state index is -0.431. The Morgan fingerprint density at radius 3 is 2.45 bits per heavy atom. The monoisotopic (exact) mass is 443 g/mol. The zero-order valence-corrected chi connectivity index (χ0v) is 18.0. The molecular weight excluding hydrogens is 422 g/mol. The van der Waals surface area contributed by atoms with Crippen molar-refractivity contribution in [3.63, 3.8) is 0 Å². The van der Waals surface area contributed by atoms with Crippen molar-refractivity contribution in [3.8, 4) is 17.2 Å². The second-order valence-corrected chi connectivity index (χ2v) is 7.28. The Morgan fingerprint density at radius 2 is 1.87 bits per heavy atom. The molecule has 0 spiro atoms. The Morgan fingerprint density at radius 1 is 1.16 bits per heavy atom. The van der Waals surface area contributed by atoms with Gasteiger partial charge in [0.05, 0.1) is 31.8 Å². The summed E-state index contributed by atoms with van der Waals surface area (Å²) in [5, 5.41) is 2.27. The van der Waals surface area contributed by atoms with Crippen LogP contribution in [0.3, 0.4) is 0 Å². The molecule has 31 heavy (non-hydrogen) atoms. The number of nitrogens with zero attached hydrogens (tertiary/aromatic N) is 2. The number of benzene rings is 1. The van der Waals surface area contributed by atoms with Crippen LogP contribution in [0, 0.1) is 0 Å². The number of thioether (sulfide) groups is 1. The Hall–Kier alpha value is -3.53. The lowest BCUT2D eigenvalue weighted by molar-refractivity contribution is -0.122. The Labute approximate surface area is 183 Å². The van der Waals surface area contributed by atoms with Crippen molar-refractivity contribution < 1.29 is 28.6 Å². The second kappa shape index (κ2) is 9.98. The number of carbonyl (C=O) groups is 3. The number of pyridine rings is 1. The standard InChI is InChI=1S/C21H21N3O6S/c1-28-15-9-13(10-16(29-2)18(15)30-3)11-17-20(26)24(21(27)31-17)8-7-23-19(25)14-5-4-6-22-12-14/h4-6,9-12H,7-8H2,1-3H3,(H,23,25). The third-order valence-electron chi connectivity index (χ3n) is 4.40. The molecule has 162 valence electrons. The molecule has 1 aromatic heterocycles. The molecule has 2 heterocycles. The molecule has 3 amide bonds. The molecule has 1 aliphatic rings. The Balaban J connectivity index is 1.70. The van der Waals surface area contributed by atoms with Gasteiger partial charge < -0.3 is 19.5 Å². The maximum absolute atomic E-state index is 12.7. The van der Waals surface area contributed by atoms with Gasteiger partial charge in [0.1, 0.15) is 0 Å². The summed E-state index contributed by atoms with van der Waals surface area (Å²) in [6, 6.07) is 6.65. The molecule has 1 N–H and O–H groups in total. The summed E-state index contributed by atoms with van der Waals surface area (Å²) in [5.41, 5.74) is 1.02. The summed E-state index contributed by atoms with van der Waals surface area (Å²) in [6.07, 6.45) is 4.59. The average Bonchev–Trinajstić information content (AvgIpc) is 3.06. The molecule has 0 bridgehead atoms. The van der Waals surface area contributed by atoms with E-state index in [1.807, 2.05) is 0 Å². The van der Waals surface area contributed by atoms with E-state index in [0.717, 1.165) is 16.7 Å². The van der Waals surface area contributed by atoms with Crippen molar-refractivity contribution in [2.45, 2.75) is 0 Å². The van der Waals surface area contributed by atoms with Gasteiger partial charge in [-0.25, -0.2) is 0 Å². The van der Waals surface area contributed by atoms with Crippen molar-refractivity contribution in [3.05, 3.63) is 52.7 Å². The minimum absolute atomic E-state index is 0.0588. The van der Waals surface area contributed by atoms with Gasteiger partial charge in [-0.2, -0.15) is 0 Å². The van der Waals surface area contributed by atoms with Crippen molar-refractivity contribution in [2.75, 3.05) is 34.4 Å². The molecule has 1 aromatic carbocycles. The van der Waals surface area contributed by atoms with E-state index in [4.69, 9.17) is 14.2 Å². The van der Waals surface area contributed by atoms with Gasteiger partial charge in [-0.05, 0) is 47.7 Å². The summed E-state index contributed by atoms with van der Waals surface area (Å²) >= 11 is 0.832. The van der Waals surface area contributed by atoms with E-state index in [2.05, 4.69) is 10.3 Å². The van der Waals surface area contributed by atoms with E-state index in [-0.39, 0.29) is 23.9 Å². The van der Waals surface area contributed by atoms with Crippen LogP contribution in [-0.4, -0.2) is 61.4 Å². The number of aromatic nitrogens is 1. The van der Waals surface area contributed by atoms with E-state index < -0.39 is 11.1 Å². The molecule has 1 aliphatic heterocycles. The van der Waals surface area contributed by atoms with E-state index in [9.17, 15) is 14.4 Å². The molecule has 0 radical (unpaired) electrons. The second-order valence-electron chi connectivity index (χ2n) is 6.29. The zero-order valence-electron chi connectivity index (χ0n) is 17.2. The van der Waals surface area contributed by atoms with E-state index in [1.54, 1.807) is 36.5 Å². The van der Waals surface area contributed by atoms with Crippen LogP contribution in [-0.2, 0) is 4.79 Å². The Bertz CT molecular complexity index is 1000. The van der Waals surface area contributed by atoms with Gasteiger partial charge in [-0.1, -0.05) is 0 Å². The van der Waals surface area contributed by atoms with Crippen LogP contribution in [0.5, 0.6) is 17.2 Å². The summed E-state index contributed by atoms with van der Waals surface area (Å²) in [4.78, 5) is 42.3. The van der Waals surface area contributed by atoms with E-state index in [1.165, 1.54) is 27.5 Å². The molecule has 3 rings (SSSR count). The minimum Gasteiger partial charge on any atom is -0.493 e. The first kappa shape index (κ1) is 22.2. The van der Waals surface area contributed by atoms with Crippen LogP contribution < -0.4 is 19.5 Å². The molecule has 10 heteroatoms. The largest absolute Gasteiger partial charge is 0.493 e. The van der Waals surface area contributed by atoms with Gasteiger partial charge in [0.2, 0.25) is 5.75 Å². The SMILES string of the molecule is COc1cc(C=C2SC(=O)N(CCNC(=O)c3cccnc3)C2=O)cc(OC)c1OC. The molecule has 0 unspecified atom stereocenters. The molecule has 9 nitrogen and oxygen atoms in total. The highest BCUT2D eigenvalue weighted by Gasteiger charge is 2.34. The maximum atomic E-state index is 12.7. The predicted molar refractivity (Wildman–Crippen MR) is 115 cm³/mol. The van der Waals surface area contributed by atoms with Crippen molar-refractivity contribution in [1.29, 1.82) is 0 Å². The van der Waals surface area contributed by atoms with Gasteiger partial charge >= 0.3 is 0 Å². The van der Waals surface area contributed by atoms with Crippen molar-refractivity contribution in [2.24, 2.45) is 0 Å². The van der Waals surface area contributed by atoms with E-state index >= 15 is 0 Å². The first-order chi connectivity index (χ1) is 15.0. The lowest BCUT2D eigenvalue weighted by atomic mass is 10.1. The first-order valence-corrected chi connectivity index (χ1v) is 10.0. The van der Waals surface area contributed by atoms with E-state index in [0.29, 0.717) is 28.4 Å². The predicted octanol–water partition coefficient (Wildman–Crippen LogP) is 2.57. The highest BCUT2D eigenvalue weighted by molar-refractivity contribution is 8.18. The smallest absolute Gasteiger partial charge is 0.293 e. The lowest BCUT2D eigenvalue weighted by Gasteiger charge is -2.13. The van der Waals surface area contributed by atoms with Crippen LogP contribution in [0.15, 0.2) is 41.6 Å². The van der Waals surface area contributed by atoms with Crippen LogP contribution in [0.4, 0.5) is 4.79 Å². The highest BCUT2D eigenvalue weighted by atomic mass is 32.2. The van der Waals surface area contributed by atoms with Crippen LogP contribution in [0.1, 0.15) is 15.9 Å². The summed E-state index contributed by atoms with van der Waals surface area (Å²) in [7, 11) is 4.49. The first-order valence-electron chi connectivity index (χ1n) is 9.22. The number of methoxy groups -OCH3 is 3. The molecule has 0 atom stereocenters. The number of carbonyl (C=O) groups excluding carboxylic acids is 3. The van der Waals surface area contributed by atoms with Crippen LogP contribution in [0.2, 0.25) is 0 Å². The number of hydrogen-bond donors (Lipinski definition) is 1. The number of rotatable bonds is 8. The maximum Gasteiger partial charge on any atom is 0.293 e. The third kappa shape index (κ3) is 4.97. The highest BCUT2D eigenvalue weighted by Crippen LogP contribution is 2.40. The fourth-order valence-electron chi connectivity index (χ4n) is 2.91. The lowest BCUT2D eigenvalue weighted by Crippen LogP contribution is -2.37.